The molecule has 2 heterocycles. The third-order valence-corrected chi connectivity index (χ3v) is 7.32. The normalized spacial score (nSPS) is 17.1. The molecule has 37 heavy (non-hydrogen) atoms. The molecule has 0 bridgehead atoms. The summed E-state index contributed by atoms with van der Waals surface area (Å²) in [7, 11) is 3.22. The number of methoxy groups -OCH3 is 2. The molecule has 1 aliphatic heterocycles. The van der Waals surface area contributed by atoms with Gasteiger partial charge in [0, 0.05) is 12.6 Å². The van der Waals surface area contributed by atoms with Gasteiger partial charge in [0.25, 0.3) is 5.91 Å². The summed E-state index contributed by atoms with van der Waals surface area (Å²) >= 11 is 0. The van der Waals surface area contributed by atoms with E-state index in [-0.39, 0.29) is 36.5 Å². The molecule has 10 heteroatoms. The zero-order valence-corrected chi connectivity index (χ0v) is 22.6. The lowest BCUT2D eigenvalue weighted by molar-refractivity contribution is -0.137. The summed E-state index contributed by atoms with van der Waals surface area (Å²) in [6, 6.07) is 7.10. The van der Waals surface area contributed by atoms with Crippen LogP contribution in [0.5, 0.6) is 11.5 Å². The van der Waals surface area contributed by atoms with Gasteiger partial charge in [-0.25, -0.2) is 0 Å². The molecule has 2 aliphatic rings. The molecular formula is C27H39ClN4O5. The number of benzene rings is 1. The first-order valence-corrected chi connectivity index (χ1v) is 13.1. The molecule has 1 saturated heterocycles. The van der Waals surface area contributed by atoms with Crippen LogP contribution in [0, 0.1) is 0 Å². The first kappa shape index (κ1) is 28.8. The first-order chi connectivity index (χ1) is 17.5. The van der Waals surface area contributed by atoms with E-state index >= 15 is 0 Å². The molecule has 2 aromatic rings. The Morgan fingerprint density at radius 1 is 1.08 bits per heavy atom. The van der Waals surface area contributed by atoms with Gasteiger partial charge in [0.1, 0.15) is 11.5 Å². The van der Waals surface area contributed by atoms with Crippen molar-refractivity contribution in [3.05, 3.63) is 30.0 Å². The van der Waals surface area contributed by atoms with E-state index in [1.54, 1.807) is 20.3 Å². The van der Waals surface area contributed by atoms with Crippen molar-refractivity contribution in [3.63, 3.8) is 0 Å². The predicted molar refractivity (Wildman–Crippen MR) is 144 cm³/mol. The average Bonchev–Trinajstić information content (AvgIpc) is 3.57. The molecule has 1 atom stereocenters. The number of piperidine rings is 1. The number of nitrogens with zero attached hydrogens (tertiary/aromatic N) is 3. The summed E-state index contributed by atoms with van der Waals surface area (Å²) in [5.74, 6) is 0.0121. The molecule has 2 fully saturated rings. The zero-order valence-electron chi connectivity index (χ0n) is 21.8. The average molecular weight is 535 g/mol. The second-order valence-electron chi connectivity index (χ2n) is 9.79. The number of carbonyl (C=O) groups is 2. The van der Waals surface area contributed by atoms with Gasteiger partial charge in [-0.1, -0.05) is 25.3 Å². The second-order valence-corrected chi connectivity index (χ2v) is 9.79. The molecule has 1 amide bonds. The van der Waals surface area contributed by atoms with Crippen LogP contribution in [0.4, 0.5) is 0 Å². The summed E-state index contributed by atoms with van der Waals surface area (Å²) in [5.41, 5.74) is 1.80. The Morgan fingerprint density at radius 2 is 1.73 bits per heavy atom. The molecule has 1 aromatic heterocycles. The predicted octanol–water partition coefficient (Wildman–Crippen LogP) is 4.55. The van der Waals surface area contributed by atoms with Crippen LogP contribution in [-0.4, -0.2) is 71.6 Å². The summed E-state index contributed by atoms with van der Waals surface area (Å²) in [6.45, 7) is 2.84. The van der Waals surface area contributed by atoms with Crippen LogP contribution < -0.4 is 14.8 Å². The number of amides is 1. The smallest absolute Gasteiger partial charge is 0.305 e. The Kier molecular flexibility index (Phi) is 10.6. The number of aliphatic carboxylic acids is 1. The number of likely N-dealkylation sites (tertiary alicyclic amines) is 1. The van der Waals surface area contributed by atoms with Crippen LogP contribution in [0.3, 0.4) is 0 Å². The number of halogens is 1. The number of carboxylic acid groups (broad SMARTS) is 1. The monoisotopic (exact) mass is 534 g/mol. The summed E-state index contributed by atoms with van der Waals surface area (Å²) in [4.78, 5) is 27.2. The molecule has 0 unspecified atom stereocenters. The van der Waals surface area contributed by atoms with Crippen LogP contribution >= 0.6 is 12.4 Å². The standard InChI is InChI=1S/C27H38N4O5.ClH/c1-35-23-11-8-12-24(36-2)26(23)22-18-21(29-31(22)20-9-4-5-10-20)27(34)28-19(17-25(32)33)13-16-30-14-6-3-7-15-30;/h8,11-12,18-20H,3-7,9-10,13-17H2,1-2H3,(H,28,34)(H,32,33);1H/t19-;/m0./s1. The van der Waals surface area contributed by atoms with Crippen LogP contribution in [0.15, 0.2) is 24.3 Å². The number of rotatable bonds is 11. The zero-order chi connectivity index (χ0) is 25.5. The number of carboxylic acids is 1. The van der Waals surface area contributed by atoms with E-state index < -0.39 is 12.0 Å². The number of aromatic nitrogens is 2. The Labute approximate surface area is 224 Å². The molecule has 1 aliphatic carbocycles. The summed E-state index contributed by atoms with van der Waals surface area (Å²) < 4.78 is 13.2. The second kappa shape index (κ2) is 13.7. The Balaban J connectivity index is 0.00000380. The van der Waals surface area contributed by atoms with Crippen molar-refractivity contribution in [1.29, 1.82) is 0 Å². The minimum Gasteiger partial charge on any atom is -0.496 e. The van der Waals surface area contributed by atoms with Gasteiger partial charge in [-0.3, -0.25) is 14.3 Å². The minimum atomic E-state index is -0.921. The third-order valence-electron chi connectivity index (χ3n) is 7.32. The number of ether oxygens (including phenoxy) is 2. The number of hydrogen-bond acceptors (Lipinski definition) is 6. The van der Waals surface area contributed by atoms with E-state index in [1.807, 2.05) is 22.9 Å². The lowest BCUT2D eigenvalue weighted by Crippen LogP contribution is -2.40. The number of hydrogen-bond donors (Lipinski definition) is 2. The van der Waals surface area contributed by atoms with E-state index in [1.165, 1.54) is 19.3 Å². The lowest BCUT2D eigenvalue weighted by Gasteiger charge is -2.28. The Bertz CT molecular complexity index is 1030. The van der Waals surface area contributed by atoms with E-state index in [0.29, 0.717) is 17.9 Å². The molecule has 2 N–H and O–H groups in total. The maximum absolute atomic E-state index is 13.4. The maximum Gasteiger partial charge on any atom is 0.305 e. The Hall–Kier alpha value is -2.78. The fourth-order valence-electron chi connectivity index (χ4n) is 5.44. The fraction of sp³-hybridized carbons (Fsp3) is 0.593. The Morgan fingerprint density at radius 3 is 2.32 bits per heavy atom. The van der Waals surface area contributed by atoms with Gasteiger partial charge < -0.3 is 24.8 Å². The molecule has 0 spiro atoms. The highest BCUT2D eigenvalue weighted by Crippen LogP contribution is 2.41. The minimum absolute atomic E-state index is 0. The summed E-state index contributed by atoms with van der Waals surface area (Å²) in [5, 5.41) is 17.1. The number of carbonyl (C=O) groups excluding carboxylic acids is 1. The summed E-state index contributed by atoms with van der Waals surface area (Å²) in [6.07, 6.45) is 8.28. The van der Waals surface area contributed by atoms with Crippen molar-refractivity contribution in [2.24, 2.45) is 0 Å². The molecule has 0 radical (unpaired) electrons. The van der Waals surface area contributed by atoms with Gasteiger partial charge in [0.15, 0.2) is 5.69 Å². The van der Waals surface area contributed by atoms with E-state index in [4.69, 9.17) is 14.6 Å². The van der Waals surface area contributed by atoms with Gasteiger partial charge in [-0.15, -0.1) is 12.4 Å². The molecule has 1 saturated carbocycles. The van der Waals surface area contributed by atoms with Gasteiger partial charge in [0.2, 0.25) is 0 Å². The fourth-order valence-corrected chi connectivity index (χ4v) is 5.44. The van der Waals surface area contributed by atoms with Crippen molar-refractivity contribution in [2.75, 3.05) is 33.9 Å². The highest BCUT2D eigenvalue weighted by molar-refractivity contribution is 5.94. The van der Waals surface area contributed by atoms with Crippen LogP contribution in [0.1, 0.15) is 74.3 Å². The maximum atomic E-state index is 13.4. The molecule has 1 aromatic carbocycles. The van der Waals surface area contributed by atoms with Crippen molar-refractivity contribution < 1.29 is 24.2 Å². The van der Waals surface area contributed by atoms with E-state index in [9.17, 15) is 14.7 Å². The first-order valence-electron chi connectivity index (χ1n) is 13.1. The molecule has 204 valence electrons. The van der Waals surface area contributed by atoms with Crippen molar-refractivity contribution in [3.8, 4) is 22.8 Å². The van der Waals surface area contributed by atoms with E-state index in [2.05, 4.69) is 10.2 Å². The van der Waals surface area contributed by atoms with Crippen molar-refractivity contribution in [2.45, 2.75) is 69.9 Å². The SMILES string of the molecule is COc1cccc(OC)c1-c1cc(C(=O)N[C@@H](CCN2CCCCC2)CC(=O)O)nn1C1CCCC1.Cl. The number of nitrogens with one attached hydrogen (secondary N) is 1. The largest absolute Gasteiger partial charge is 0.496 e. The quantitative estimate of drug-likeness (QED) is 0.435. The van der Waals surface area contributed by atoms with Gasteiger partial charge in [0.05, 0.1) is 37.9 Å². The molecular weight excluding hydrogens is 496 g/mol. The van der Waals surface area contributed by atoms with Crippen LogP contribution in [0.2, 0.25) is 0 Å². The van der Waals surface area contributed by atoms with Gasteiger partial charge in [-0.05, 0) is 63.4 Å². The van der Waals surface area contributed by atoms with Gasteiger partial charge >= 0.3 is 5.97 Å². The van der Waals surface area contributed by atoms with Crippen molar-refractivity contribution in [1.82, 2.24) is 20.0 Å². The third kappa shape index (κ3) is 7.17. The highest BCUT2D eigenvalue weighted by atomic mass is 35.5. The van der Waals surface area contributed by atoms with Crippen LogP contribution in [0.25, 0.3) is 11.3 Å². The topological polar surface area (TPSA) is 106 Å². The highest BCUT2D eigenvalue weighted by Gasteiger charge is 2.28. The molecule has 4 rings (SSSR count). The van der Waals surface area contributed by atoms with Gasteiger partial charge in [-0.2, -0.15) is 5.10 Å². The van der Waals surface area contributed by atoms with Crippen molar-refractivity contribution >= 4 is 24.3 Å². The van der Waals surface area contributed by atoms with E-state index in [0.717, 1.165) is 56.6 Å². The molecule has 9 nitrogen and oxygen atoms in total. The lowest BCUT2D eigenvalue weighted by atomic mass is 10.1. The van der Waals surface area contributed by atoms with Crippen LogP contribution in [-0.2, 0) is 4.79 Å².